The normalized spacial score (nSPS) is 11.2. The van der Waals surface area contributed by atoms with Gasteiger partial charge >= 0.3 is 0 Å². The minimum Gasteiger partial charge on any atom is -0.311 e. The predicted octanol–water partition coefficient (Wildman–Crippen LogP) is 2.49. The number of nitrogens with one attached hydrogen (secondary N) is 1. The quantitative estimate of drug-likeness (QED) is 0.830. The first-order chi connectivity index (χ1) is 10.0. The van der Waals surface area contributed by atoms with Crippen molar-refractivity contribution in [2.45, 2.75) is 18.4 Å². The second-order valence-electron chi connectivity index (χ2n) is 4.66. The van der Waals surface area contributed by atoms with Crippen LogP contribution in [0.15, 0.2) is 40.6 Å². The molecule has 0 bridgehead atoms. The standard InChI is InChI=1S/C15H16N2O2S2/c1-12-6-8-20-15(12)11-17-7-9-21(18,19)14-4-2-13(10-16)3-5-14/h2-6,8,17H,7,9,11H2,1H3. The fourth-order valence-electron chi connectivity index (χ4n) is 1.85. The Morgan fingerprint density at radius 2 is 1.95 bits per heavy atom. The zero-order valence-electron chi connectivity index (χ0n) is 11.7. The van der Waals surface area contributed by atoms with Crippen LogP contribution < -0.4 is 5.32 Å². The van der Waals surface area contributed by atoms with Crippen LogP contribution in [-0.2, 0) is 16.4 Å². The number of rotatable bonds is 6. The smallest absolute Gasteiger partial charge is 0.179 e. The number of sulfone groups is 1. The molecule has 0 atom stereocenters. The molecular weight excluding hydrogens is 304 g/mol. The van der Waals surface area contributed by atoms with Gasteiger partial charge in [0.1, 0.15) is 0 Å². The highest BCUT2D eigenvalue weighted by Crippen LogP contribution is 2.15. The number of nitriles is 1. The van der Waals surface area contributed by atoms with Gasteiger partial charge in [-0.1, -0.05) is 0 Å². The van der Waals surface area contributed by atoms with Gasteiger partial charge in [-0.05, 0) is 48.2 Å². The average Bonchev–Trinajstić information content (AvgIpc) is 2.89. The lowest BCUT2D eigenvalue weighted by molar-refractivity contribution is 0.591. The summed E-state index contributed by atoms with van der Waals surface area (Å²) in [4.78, 5) is 1.49. The van der Waals surface area contributed by atoms with Crippen molar-refractivity contribution in [1.29, 1.82) is 5.26 Å². The molecule has 1 heterocycles. The minimum atomic E-state index is -3.30. The Hall–Kier alpha value is -1.68. The molecule has 4 nitrogen and oxygen atoms in total. The van der Waals surface area contributed by atoms with E-state index in [0.29, 0.717) is 18.7 Å². The number of thiophene rings is 1. The van der Waals surface area contributed by atoms with E-state index >= 15 is 0 Å². The van der Waals surface area contributed by atoms with Crippen molar-refractivity contribution in [1.82, 2.24) is 5.32 Å². The molecule has 0 radical (unpaired) electrons. The van der Waals surface area contributed by atoms with Gasteiger partial charge < -0.3 is 5.32 Å². The van der Waals surface area contributed by atoms with Crippen LogP contribution in [0.25, 0.3) is 0 Å². The number of hydrogen-bond donors (Lipinski definition) is 1. The van der Waals surface area contributed by atoms with E-state index in [1.165, 1.54) is 34.7 Å². The van der Waals surface area contributed by atoms with Gasteiger partial charge in [0.2, 0.25) is 0 Å². The molecule has 0 unspecified atom stereocenters. The third kappa shape index (κ3) is 4.14. The topological polar surface area (TPSA) is 70.0 Å². The van der Waals surface area contributed by atoms with Crippen LogP contribution in [0.4, 0.5) is 0 Å². The SMILES string of the molecule is Cc1ccsc1CNCCS(=O)(=O)c1ccc(C#N)cc1. The molecule has 1 aromatic heterocycles. The molecule has 0 saturated carbocycles. The van der Waals surface area contributed by atoms with Crippen molar-refractivity contribution >= 4 is 21.2 Å². The van der Waals surface area contributed by atoms with E-state index in [4.69, 9.17) is 5.26 Å². The zero-order valence-corrected chi connectivity index (χ0v) is 13.3. The van der Waals surface area contributed by atoms with E-state index in [1.807, 2.05) is 18.4 Å². The zero-order chi connectivity index (χ0) is 15.3. The molecule has 110 valence electrons. The molecule has 0 spiro atoms. The van der Waals surface area contributed by atoms with Crippen LogP contribution in [0.2, 0.25) is 0 Å². The molecule has 21 heavy (non-hydrogen) atoms. The van der Waals surface area contributed by atoms with Crippen molar-refractivity contribution in [3.8, 4) is 6.07 Å². The largest absolute Gasteiger partial charge is 0.311 e. The summed E-state index contributed by atoms with van der Waals surface area (Å²) in [5, 5.41) is 13.9. The minimum absolute atomic E-state index is 0.0450. The number of aryl methyl sites for hydroxylation is 1. The predicted molar refractivity (Wildman–Crippen MR) is 84.0 cm³/mol. The summed E-state index contributed by atoms with van der Waals surface area (Å²) in [7, 11) is -3.30. The van der Waals surface area contributed by atoms with Crippen molar-refractivity contribution < 1.29 is 8.42 Å². The molecule has 0 aliphatic rings. The van der Waals surface area contributed by atoms with Gasteiger partial charge in [-0.25, -0.2) is 8.42 Å². The molecule has 1 N–H and O–H groups in total. The summed E-state index contributed by atoms with van der Waals surface area (Å²) in [5.41, 5.74) is 1.68. The van der Waals surface area contributed by atoms with Gasteiger partial charge in [0.05, 0.1) is 22.3 Å². The second-order valence-corrected chi connectivity index (χ2v) is 7.77. The summed E-state index contributed by atoms with van der Waals surface area (Å²) >= 11 is 1.67. The van der Waals surface area contributed by atoms with E-state index in [0.717, 1.165) is 0 Å². The Labute approximate surface area is 129 Å². The molecule has 2 aromatic rings. The van der Waals surface area contributed by atoms with Crippen LogP contribution in [0.5, 0.6) is 0 Å². The monoisotopic (exact) mass is 320 g/mol. The van der Waals surface area contributed by atoms with Crippen LogP contribution >= 0.6 is 11.3 Å². The van der Waals surface area contributed by atoms with Crippen molar-refractivity contribution in [3.63, 3.8) is 0 Å². The first kappa shape index (κ1) is 15.7. The Morgan fingerprint density at radius 1 is 1.24 bits per heavy atom. The Balaban J connectivity index is 1.89. The Morgan fingerprint density at radius 3 is 2.52 bits per heavy atom. The molecule has 1 aromatic carbocycles. The van der Waals surface area contributed by atoms with Gasteiger partial charge in [-0.3, -0.25) is 0 Å². The van der Waals surface area contributed by atoms with Gasteiger partial charge in [-0.2, -0.15) is 5.26 Å². The third-order valence-corrected chi connectivity index (χ3v) is 5.90. The van der Waals surface area contributed by atoms with Crippen molar-refractivity contribution in [2.24, 2.45) is 0 Å². The summed E-state index contributed by atoms with van der Waals surface area (Å²) < 4.78 is 24.3. The molecule has 6 heteroatoms. The first-order valence-electron chi connectivity index (χ1n) is 6.49. The lowest BCUT2D eigenvalue weighted by atomic mass is 10.2. The average molecular weight is 320 g/mol. The van der Waals surface area contributed by atoms with Crippen LogP contribution in [0.1, 0.15) is 16.0 Å². The van der Waals surface area contributed by atoms with Gasteiger partial charge in [-0.15, -0.1) is 11.3 Å². The number of benzene rings is 1. The molecule has 0 saturated heterocycles. The highest BCUT2D eigenvalue weighted by Gasteiger charge is 2.13. The lowest BCUT2D eigenvalue weighted by Crippen LogP contribution is -2.22. The Kier molecular flexibility index (Phi) is 5.12. The summed E-state index contributed by atoms with van der Waals surface area (Å²) in [6, 6.07) is 10.0. The number of nitrogens with zero attached hydrogens (tertiary/aromatic N) is 1. The van der Waals surface area contributed by atoms with E-state index in [2.05, 4.69) is 11.4 Å². The highest BCUT2D eigenvalue weighted by molar-refractivity contribution is 7.91. The number of hydrogen-bond acceptors (Lipinski definition) is 5. The van der Waals surface area contributed by atoms with Gasteiger partial charge in [0, 0.05) is 18.0 Å². The summed E-state index contributed by atoms with van der Waals surface area (Å²) in [6.07, 6.45) is 0. The molecular formula is C15H16N2O2S2. The molecule has 2 rings (SSSR count). The van der Waals surface area contributed by atoms with Crippen LogP contribution in [0, 0.1) is 18.3 Å². The van der Waals surface area contributed by atoms with E-state index in [1.54, 1.807) is 11.3 Å². The fraction of sp³-hybridized carbons (Fsp3) is 0.267. The maximum atomic E-state index is 12.1. The molecule has 0 aliphatic carbocycles. The van der Waals surface area contributed by atoms with Crippen LogP contribution in [-0.4, -0.2) is 20.7 Å². The van der Waals surface area contributed by atoms with Crippen LogP contribution in [0.3, 0.4) is 0 Å². The molecule has 0 amide bonds. The lowest BCUT2D eigenvalue weighted by Gasteiger charge is -2.06. The van der Waals surface area contributed by atoms with E-state index in [9.17, 15) is 8.42 Å². The summed E-state index contributed by atoms with van der Waals surface area (Å²) in [6.45, 7) is 3.13. The van der Waals surface area contributed by atoms with Gasteiger partial charge in [0.15, 0.2) is 9.84 Å². The Bertz CT molecular complexity index is 741. The van der Waals surface area contributed by atoms with E-state index in [-0.39, 0.29) is 10.6 Å². The van der Waals surface area contributed by atoms with E-state index < -0.39 is 9.84 Å². The highest BCUT2D eigenvalue weighted by atomic mass is 32.2. The maximum Gasteiger partial charge on any atom is 0.179 e. The molecule has 0 aliphatic heterocycles. The molecule has 0 fully saturated rings. The third-order valence-electron chi connectivity index (χ3n) is 3.14. The maximum absolute atomic E-state index is 12.1. The first-order valence-corrected chi connectivity index (χ1v) is 9.03. The van der Waals surface area contributed by atoms with Crippen molar-refractivity contribution in [3.05, 3.63) is 51.7 Å². The summed E-state index contributed by atoms with van der Waals surface area (Å²) in [5.74, 6) is 0.0450. The van der Waals surface area contributed by atoms with Gasteiger partial charge in [0.25, 0.3) is 0 Å². The van der Waals surface area contributed by atoms with Crippen molar-refractivity contribution in [2.75, 3.05) is 12.3 Å². The fourth-order valence-corrected chi connectivity index (χ4v) is 3.92. The second kappa shape index (κ2) is 6.85.